The summed E-state index contributed by atoms with van der Waals surface area (Å²) in [7, 11) is 1.39. The lowest BCUT2D eigenvalue weighted by atomic mass is 10.0. The molecule has 0 unspecified atom stereocenters. The number of hydrogen-bond donors (Lipinski definition) is 0. The SMILES string of the molecule is COC(=O)c1ccc(CN2CCN=C(/C=C/c3ccc(Cl)c(Cl)c3)c3ccccc32)cc1.Cl.Cl. The minimum absolute atomic E-state index is 0. The van der Waals surface area contributed by atoms with Gasteiger partial charge < -0.3 is 9.64 Å². The first kappa shape index (κ1) is 27.7. The van der Waals surface area contributed by atoms with Gasteiger partial charge in [0.15, 0.2) is 0 Å². The summed E-state index contributed by atoms with van der Waals surface area (Å²) in [4.78, 5) is 18.8. The summed E-state index contributed by atoms with van der Waals surface area (Å²) in [6.07, 6.45) is 4.02. The van der Waals surface area contributed by atoms with E-state index in [2.05, 4.69) is 17.0 Å². The molecule has 0 amide bonds. The first-order valence-electron chi connectivity index (χ1n) is 10.2. The summed E-state index contributed by atoms with van der Waals surface area (Å²) in [5, 5.41) is 1.07. The van der Waals surface area contributed by atoms with Crippen molar-refractivity contribution in [1.82, 2.24) is 0 Å². The molecule has 0 saturated heterocycles. The van der Waals surface area contributed by atoms with Crippen LogP contribution >= 0.6 is 48.0 Å². The van der Waals surface area contributed by atoms with Crippen molar-refractivity contribution in [1.29, 1.82) is 0 Å². The Hall–Kier alpha value is -2.50. The summed E-state index contributed by atoms with van der Waals surface area (Å²) in [5.74, 6) is -0.330. The maximum atomic E-state index is 11.7. The third kappa shape index (κ3) is 6.55. The van der Waals surface area contributed by atoms with Gasteiger partial charge in [-0.1, -0.05) is 65.7 Å². The molecule has 0 saturated carbocycles. The van der Waals surface area contributed by atoms with Gasteiger partial charge in [-0.3, -0.25) is 4.99 Å². The zero-order chi connectivity index (χ0) is 22.5. The second-order valence-electron chi connectivity index (χ2n) is 7.40. The molecule has 34 heavy (non-hydrogen) atoms. The van der Waals surface area contributed by atoms with Crippen LogP contribution in [0.5, 0.6) is 0 Å². The summed E-state index contributed by atoms with van der Waals surface area (Å²) >= 11 is 12.2. The Morgan fingerprint density at radius 3 is 2.44 bits per heavy atom. The molecule has 0 bridgehead atoms. The van der Waals surface area contributed by atoms with Crippen LogP contribution in [0, 0.1) is 0 Å². The molecule has 0 aromatic heterocycles. The van der Waals surface area contributed by atoms with E-state index in [1.54, 1.807) is 18.2 Å². The number of carbonyl (C=O) groups is 1. The van der Waals surface area contributed by atoms with Crippen molar-refractivity contribution >= 4 is 71.5 Å². The van der Waals surface area contributed by atoms with Crippen LogP contribution in [0.25, 0.3) is 6.08 Å². The van der Waals surface area contributed by atoms with Crippen LogP contribution in [0.15, 0.2) is 77.8 Å². The summed E-state index contributed by atoms with van der Waals surface area (Å²) in [5.41, 5.74) is 5.75. The Labute approximate surface area is 222 Å². The lowest BCUT2D eigenvalue weighted by molar-refractivity contribution is 0.0600. The fraction of sp³-hybridized carbons (Fsp3) is 0.154. The van der Waals surface area contributed by atoms with Crippen molar-refractivity contribution in [2.24, 2.45) is 4.99 Å². The summed E-state index contributed by atoms with van der Waals surface area (Å²) < 4.78 is 4.78. The Morgan fingerprint density at radius 1 is 1.00 bits per heavy atom. The predicted molar refractivity (Wildman–Crippen MR) is 147 cm³/mol. The highest BCUT2D eigenvalue weighted by Crippen LogP contribution is 2.27. The van der Waals surface area contributed by atoms with Crippen LogP contribution in [-0.4, -0.2) is 31.9 Å². The number of ether oxygens (including phenoxy) is 1. The number of benzene rings is 3. The Balaban J connectivity index is 0.00000204. The molecule has 4 nitrogen and oxygen atoms in total. The van der Waals surface area contributed by atoms with Crippen LogP contribution < -0.4 is 4.90 Å². The second kappa shape index (κ2) is 12.8. The first-order chi connectivity index (χ1) is 15.5. The van der Waals surface area contributed by atoms with E-state index in [9.17, 15) is 4.79 Å². The maximum absolute atomic E-state index is 11.7. The van der Waals surface area contributed by atoms with Gasteiger partial charge in [0.2, 0.25) is 0 Å². The number of anilines is 1. The number of methoxy groups -OCH3 is 1. The van der Waals surface area contributed by atoms with Gasteiger partial charge in [-0.15, -0.1) is 24.8 Å². The predicted octanol–water partition coefficient (Wildman–Crippen LogP) is 7.15. The first-order valence-corrected chi connectivity index (χ1v) is 11.0. The molecule has 0 atom stereocenters. The van der Waals surface area contributed by atoms with Gasteiger partial charge in [-0.05, 0) is 47.5 Å². The number of hydrogen-bond acceptors (Lipinski definition) is 4. The number of fused-ring (bicyclic) bond motifs is 1. The van der Waals surface area contributed by atoms with Crippen molar-refractivity contribution in [3.05, 3.63) is 105 Å². The fourth-order valence-corrected chi connectivity index (χ4v) is 3.95. The van der Waals surface area contributed by atoms with Gasteiger partial charge in [0, 0.05) is 24.3 Å². The van der Waals surface area contributed by atoms with Crippen LogP contribution in [0.2, 0.25) is 10.0 Å². The minimum Gasteiger partial charge on any atom is -0.465 e. The zero-order valence-electron chi connectivity index (χ0n) is 18.4. The Kier molecular flexibility index (Phi) is 10.5. The van der Waals surface area contributed by atoms with Crippen molar-refractivity contribution in [3.8, 4) is 0 Å². The molecule has 0 aliphatic carbocycles. The molecule has 1 aliphatic rings. The van der Waals surface area contributed by atoms with E-state index < -0.39 is 0 Å². The highest BCUT2D eigenvalue weighted by atomic mass is 35.5. The van der Waals surface area contributed by atoms with Gasteiger partial charge >= 0.3 is 5.97 Å². The number of carbonyl (C=O) groups excluding carboxylic acids is 1. The van der Waals surface area contributed by atoms with E-state index in [4.69, 9.17) is 32.9 Å². The van der Waals surface area contributed by atoms with E-state index in [0.29, 0.717) is 22.2 Å². The van der Waals surface area contributed by atoms with E-state index >= 15 is 0 Å². The fourth-order valence-electron chi connectivity index (χ4n) is 3.65. The molecule has 178 valence electrons. The zero-order valence-corrected chi connectivity index (χ0v) is 21.6. The number of para-hydroxylation sites is 1. The molecule has 1 heterocycles. The summed E-state index contributed by atoms with van der Waals surface area (Å²) in [6, 6.07) is 21.4. The second-order valence-corrected chi connectivity index (χ2v) is 8.22. The lowest BCUT2D eigenvalue weighted by Gasteiger charge is -2.25. The van der Waals surface area contributed by atoms with Gasteiger partial charge in [-0.2, -0.15) is 0 Å². The van der Waals surface area contributed by atoms with E-state index in [1.807, 2.05) is 48.6 Å². The quantitative estimate of drug-likeness (QED) is 0.324. The number of nitrogens with zero attached hydrogens (tertiary/aromatic N) is 2. The van der Waals surface area contributed by atoms with Crippen molar-refractivity contribution in [3.63, 3.8) is 0 Å². The molecule has 3 aromatic rings. The molecule has 0 N–H and O–H groups in total. The number of rotatable bonds is 5. The number of aliphatic imine (C=N–C) groups is 1. The van der Waals surface area contributed by atoms with Gasteiger partial charge in [0.1, 0.15) is 0 Å². The van der Waals surface area contributed by atoms with Crippen LogP contribution in [0.3, 0.4) is 0 Å². The monoisotopic (exact) mass is 536 g/mol. The molecule has 4 rings (SSSR count). The maximum Gasteiger partial charge on any atom is 0.337 e. The average molecular weight is 538 g/mol. The van der Waals surface area contributed by atoms with E-state index in [0.717, 1.165) is 41.2 Å². The van der Waals surface area contributed by atoms with Gasteiger partial charge in [0.05, 0.1) is 35.0 Å². The number of esters is 1. The molecular weight excluding hydrogens is 514 g/mol. The number of benzodiazepines with no additional fused rings is 1. The molecule has 1 aliphatic heterocycles. The lowest BCUT2D eigenvalue weighted by Crippen LogP contribution is -2.25. The van der Waals surface area contributed by atoms with E-state index in [-0.39, 0.29) is 30.8 Å². The third-order valence-electron chi connectivity index (χ3n) is 5.30. The third-order valence-corrected chi connectivity index (χ3v) is 6.04. The van der Waals surface area contributed by atoms with Crippen LogP contribution in [0.4, 0.5) is 5.69 Å². The largest absolute Gasteiger partial charge is 0.465 e. The van der Waals surface area contributed by atoms with Gasteiger partial charge in [-0.25, -0.2) is 4.79 Å². The Bertz CT molecular complexity index is 1190. The average Bonchev–Trinajstić information content (AvgIpc) is 2.99. The molecular formula is C26H24Cl4N2O2. The van der Waals surface area contributed by atoms with Crippen molar-refractivity contribution < 1.29 is 9.53 Å². The highest BCUT2D eigenvalue weighted by molar-refractivity contribution is 6.42. The topological polar surface area (TPSA) is 41.9 Å². The molecule has 3 aromatic carbocycles. The van der Waals surface area contributed by atoms with Crippen LogP contribution in [-0.2, 0) is 11.3 Å². The number of allylic oxidation sites excluding steroid dienone is 1. The number of halogens is 4. The van der Waals surface area contributed by atoms with E-state index in [1.165, 1.54) is 7.11 Å². The smallest absolute Gasteiger partial charge is 0.337 e. The molecule has 0 radical (unpaired) electrons. The molecule has 8 heteroatoms. The molecule has 0 fully saturated rings. The summed E-state index contributed by atoms with van der Waals surface area (Å²) in [6.45, 7) is 2.19. The Morgan fingerprint density at radius 2 is 1.74 bits per heavy atom. The minimum atomic E-state index is -0.330. The van der Waals surface area contributed by atoms with Crippen LogP contribution in [0.1, 0.15) is 27.0 Å². The molecule has 0 spiro atoms. The normalized spacial score (nSPS) is 12.7. The van der Waals surface area contributed by atoms with Crippen molar-refractivity contribution in [2.45, 2.75) is 6.54 Å². The van der Waals surface area contributed by atoms with Gasteiger partial charge in [0.25, 0.3) is 0 Å². The van der Waals surface area contributed by atoms with Crippen molar-refractivity contribution in [2.75, 3.05) is 25.1 Å². The highest BCUT2D eigenvalue weighted by Gasteiger charge is 2.17. The standard InChI is InChI=1S/C26H22Cl2N2O2.2ClH/c1-32-26(31)20-10-6-19(7-11-20)17-30-15-14-29-24(21-4-2-3-5-25(21)30)13-9-18-8-12-22(27)23(28)16-18;;/h2-13,16H,14-15,17H2,1H3;2*1H/b13-9+;;.